The van der Waals surface area contributed by atoms with Gasteiger partial charge in [0.2, 0.25) is 0 Å². The van der Waals surface area contributed by atoms with Crippen LogP contribution in [0, 0.1) is 0 Å². The maximum absolute atomic E-state index is 11.0. The van der Waals surface area contributed by atoms with Crippen molar-refractivity contribution in [3.8, 4) is 0 Å². The van der Waals surface area contributed by atoms with E-state index in [4.69, 9.17) is 11.6 Å². The highest BCUT2D eigenvalue weighted by molar-refractivity contribution is 6.30. The van der Waals surface area contributed by atoms with E-state index in [9.17, 15) is 5.11 Å². The summed E-state index contributed by atoms with van der Waals surface area (Å²) in [7, 11) is 1.86. The van der Waals surface area contributed by atoms with Gasteiger partial charge in [-0.3, -0.25) is 4.68 Å². The van der Waals surface area contributed by atoms with Gasteiger partial charge in [0.1, 0.15) is 10.8 Å². The highest BCUT2D eigenvalue weighted by Gasteiger charge is 2.36. The maximum Gasteiger partial charge on any atom is 0.131 e. The molecule has 0 amide bonds. The van der Waals surface area contributed by atoms with E-state index in [0.717, 1.165) is 29.7 Å². The van der Waals surface area contributed by atoms with Crippen LogP contribution in [0.15, 0.2) is 24.3 Å². The van der Waals surface area contributed by atoms with Crippen LogP contribution in [0.4, 0.5) is 0 Å². The molecule has 2 N–H and O–H groups in total. The molecule has 124 valence electrons. The molecule has 0 bridgehead atoms. The third-order valence-corrected chi connectivity index (χ3v) is 5.17. The number of nitrogens with one attached hydrogen (secondary N) is 1. The molecule has 1 aromatic carbocycles. The van der Waals surface area contributed by atoms with Crippen LogP contribution < -0.4 is 5.32 Å². The highest BCUT2D eigenvalue weighted by Crippen LogP contribution is 2.36. The van der Waals surface area contributed by atoms with Crippen LogP contribution in [0.3, 0.4) is 0 Å². The van der Waals surface area contributed by atoms with Crippen molar-refractivity contribution in [1.29, 1.82) is 0 Å². The van der Waals surface area contributed by atoms with Gasteiger partial charge in [0.15, 0.2) is 0 Å². The molecule has 0 saturated heterocycles. The molecular formula is C18H24ClN3O. The topological polar surface area (TPSA) is 50.1 Å². The molecule has 5 heteroatoms. The molecule has 1 unspecified atom stereocenters. The number of aliphatic hydroxyl groups is 1. The average molecular weight is 334 g/mol. The molecule has 1 heterocycles. The Balaban J connectivity index is 1.71. The minimum absolute atomic E-state index is 0.320. The fraction of sp³-hybridized carbons (Fsp3) is 0.500. The number of rotatable bonds is 5. The molecule has 0 spiro atoms. The second kappa shape index (κ2) is 6.27. The Hall–Kier alpha value is -1.36. The molecule has 4 nitrogen and oxygen atoms in total. The van der Waals surface area contributed by atoms with Crippen molar-refractivity contribution in [3.05, 3.63) is 51.8 Å². The summed E-state index contributed by atoms with van der Waals surface area (Å²) in [6.07, 6.45) is 1.69. The van der Waals surface area contributed by atoms with Gasteiger partial charge >= 0.3 is 0 Å². The summed E-state index contributed by atoms with van der Waals surface area (Å²) in [5.74, 6) is 0.320. The number of hydrogen-bond donors (Lipinski definition) is 2. The van der Waals surface area contributed by atoms with Gasteiger partial charge in [0.05, 0.1) is 5.69 Å². The van der Waals surface area contributed by atoms with Crippen molar-refractivity contribution in [2.75, 3.05) is 6.54 Å². The molecule has 1 aromatic heterocycles. The van der Waals surface area contributed by atoms with Gasteiger partial charge in [0, 0.05) is 25.7 Å². The maximum atomic E-state index is 11.0. The van der Waals surface area contributed by atoms with Crippen LogP contribution >= 0.6 is 11.6 Å². The van der Waals surface area contributed by atoms with Gasteiger partial charge in [-0.25, -0.2) is 0 Å². The van der Waals surface area contributed by atoms with E-state index < -0.39 is 5.60 Å². The highest BCUT2D eigenvalue weighted by atomic mass is 35.5. The van der Waals surface area contributed by atoms with Crippen LogP contribution in [0.2, 0.25) is 5.15 Å². The van der Waals surface area contributed by atoms with Crippen LogP contribution in [0.5, 0.6) is 0 Å². The Kier molecular flexibility index (Phi) is 4.50. The minimum Gasteiger partial charge on any atom is -0.384 e. The second-order valence-corrected chi connectivity index (χ2v) is 7.08. The second-order valence-electron chi connectivity index (χ2n) is 6.73. The SMILES string of the molecule is CC(C)c1nn(C)c(Cl)c1CNCC1(O)CCc2ccccc21. The molecule has 0 saturated carbocycles. The van der Waals surface area contributed by atoms with Gasteiger partial charge in [-0.1, -0.05) is 49.7 Å². The lowest BCUT2D eigenvalue weighted by Gasteiger charge is -2.24. The van der Waals surface area contributed by atoms with Crippen molar-refractivity contribution in [3.63, 3.8) is 0 Å². The summed E-state index contributed by atoms with van der Waals surface area (Å²) in [6.45, 7) is 5.36. The van der Waals surface area contributed by atoms with Crippen molar-refractivity contribution in [1.82, 2.24) is 15.1 Å². The number of fused-ring (bicyclic) bond motifs is 1. The smallest absolute Gasteiger partial charge is 0.131 e. The fourth-order valence-electron chi connectivity index (χ4n) is 3.44. The third kappa shape index (κ3) is 3.03. The first-order chi connectivity index (χ1) is 10.9. The van der Waals surface area contributed by atoms with E-state index in [1.807, 2.05) is 25.2 Å². The van der Waals surface area contributed by atoms with Gasteiger partial charge in [-0.05, 0) is 29.9 Å². The average Bonchev–Trinajstić information content (AvgIpc) is 3.00. The fourth-order valence-corrected chi connectivity index (χ4v) is 3.64. The molecule has 0 radical (unpaired) electrons. The standard InChI is InChI=1S/C18H24ClN3O/c1-12(2)16-14(17(19)22(3)21-16)10-20-11-18(23)9-8-13-6-4-5-7-15(13)18/h4-7,12,20,23H,8-11H2,1-3H3. The monoisotopic (exact) mass is 333 g/mol. The molecule has 1 aliphatic rings. The lowest BCUT2D eigenvalue weighted by Crippen LogP contribution is -2.36. The molecule has 3 rings (SSSR count). The summed E-state index contributed by atoms with van der Waals surface area (Å²) in [4.78, 5) is 0. The summed E-state index contributed by atoms with van der Waals surface area (Å²) < 4.78 is 1.72. The number of halogens is 1. The van der Waals surface area contributed by atoms with E-state index >= 15 is 0 Å². The molecule has 23 heavy (non-hydrogen) atoms. The van der Waals surface area contributed by atoms with Gasteiger partial charge < -0.3 is 10.4 Å². The van der Waals surface area contributed by atoms with Crippen molar-refractivity contribution < 1.29 is 5.11 Å². The van der Waals surface area contributed by atoms with E-state index in [0.29, 0.717) is 24.2 Å². The van der Waals surface area contributed by atoms with E-state index in [-0.39, 0.29) is 0 Å². The Labute approximate surface area is 142 Å². The summed E-state index contributed by atoms with van der Waals surface area (Å²) in [5.41, 5.74) is 3.55. The molecular weight excluding hydrogens is 310 g/mol. The largest absolute Gasteiger partial charge is 0.384 e. The number of hydrogen-bond acceptors (Lipinski definition) is 3. The zero-order valence-corrected chi connectivity index (χ0v) is 14.7. The van der Waals surface area contributed by atoms with Gasteiger partial charge in [0.25, 0.3) is 0 Å². The lowest BCUT2D eigenvalue weighted by atomic mass is 9.96. The van der Waals surface area contributed by atoms with Crippen LogP contribution in [0.1, 0.15) is 48.6 Å². The first-order valence-corrected chi connectivity index (χ1v) is 8.53. The molecule has 1 aliphatic carbocycles. The lowest BCUT2D eigenvalue weighted by molar-refractivity contribution is 0.0384. The zero-order chi connectivity index (χ0) is 16.6. The normalized spacial score (nSPS) is 20.3. The van der Waals surface area contributed by atoms with Crippen LogP contribution in [-0.4, -0.2) is 21.4 Å². The predicted octanol–water partition coefficient (Wildman–Crippen LogP) is 3.12. The summed E-state index contributed by atoms with van der Waals surface area (Å²) in [6, 6.07) is 8.15. The van der Waals surface area contributed by atoms with E-state index in [1.54, 1.807) is 4.68 Å². The molecule has 1 atom stereocenters. The van der Waals surface area contributed by atoms with E-state index in [2.05, 4.69) is 30.3 Å². The Morgan fingerprint density at radius 3 is 2.87 bits per heavy atom. The Morgan fingerprint density at radius 1 is 1.39 bits per heavy atom. The van der Waals surface area contributed by atoms with Crippen LogP contribution in [-0.2, 0) is 25.6 Å². The molecule has 0 aliphatic heterocycles. The van der Waals surface area contributed by atoms with Crippen molar-refractivity contribution in [2.24, 2.45) is 7.05 Å². The Bertz CT molecular complexity index is 710. The van der Waals surface area contributed by atoms with Gasteiger partial charge in [-0.15, -0.1) is 0 Å². The zero-order valence-electron chi connectivity index (χ0n) is 13.9. The first-order valence-electron chi connectivity index (χ1n) is 8.15. The summed E-state index contributed by atoms with van der Waals surface area (Å²) >= 11 is 6.37. The first kappa shape index (κ1) is 16.5. The van der Waals surface area contributed by atoms with E-state index in [1.165, 1.54) is 5.56 Å². The number of nitrogens with zero attached hydrogens (tertiary/aromatic N) is 2. The predicted molar refractivity (Wildman–Crippen MR) is 92.7 cm³/mol. The molecule has 0 fully saturated rings. The Morgan fingerprint density at radius 2 is 2.13 bits per heavy atom. The number of benzene rings is 1. The van der Waals surface area contributed by atoms with Crippen molar-refractivity contribution >= 4 is 11.6 Å². The summed E-state index contributed by atoms with van der Waals surface area (Å²) in [5, 5.41) is 19.5. The van der Waals surface area contributed by atoms with Gasteiger partial charge in [-0.2, -0.15) is 5.10 Å². The quantitative estimate of drug-likeness (QED) is 0.884. The minimum atomic E-state index is -0.788. The van der Waals surface area contributed by atoms with Crippen LogP contribution in [0.25, 0.3) is 0 Å². The molecule has 2 aromatic rings. The number of aryl methyl sites for hydroxylation is 2. The number of aromatic nitrogens is 2. The third-order valence-electron chi connectivity index (χ3n) is 4.69. The van der Waals surface area contributed by atoms with Crippen molar-refractivity contribution in [2.45, 2.75) is 44.8 Å².